The molecule has 1 aromatic rings. The minimum Gasteiger partial charge on any atom is -0.205 e. The highest BCUT2D eigenvalue weighted by molar-refractivity contribution is 9.10. The molecule has 2 nitrogen and oxygen atoms in total. The van der Waals surface area contributed by atoms with Gasteiger partial charge < -0.3 is 0 Å². The monoisotopic (exact) mass is 321 g/mol. The maximum atomic E-state index is 12.9. The van der Waals surface area contributed by atoms with Crippen molar-refractivity contribution in [1.29, 1.82) is 0 Å². The lowest BCUT2D eigenvalue weighted by Crippen LogP contribution is -2.14. The Kier molecular flexibility index (Phi) is 3.70. The summed E-state index contributed by atoms with van der Waals surface area (Å²) < 4.78 is 51.4. The molecule has 7 heteroatoms. The molecular weight excluding hydrogens is 316 g/mol. The summed E-state index contributed by atoms with van der Waals surface area (Å²) in [6, 6.07) is 6.41. The van der Waals surface area contributed by atoms with Crippen molar-refractivity contribution in [3.05, 3.63) is 45.6 Å². The summed E-state index contributed by atoms with van der Waals surface area (Å²) in [6.45, 7) is 0. The van der Waals surface area contributed by atoms with E-state index in [4.69, 9.17) is 0 Å². The Morgan fingerprint density at radius 1 is 1.00 bits per heavy atom. The molecular formula is C11H6BrF4N2. The summed E-state index contributed by atoms with van der Waals surface area (Å²) in [7, 11) is 0. The standard InChI is InChI=1S/C11H6BrF4N2/c12-6-4-2-1-3-5(6)8-7(10(13)14)9(11(15)16)18-17-8/h1-4,10-11H. The zero-order valence-electron chi connectivity index (χ0n) is 8.75. The zero-order chi connectivity index (χ0) is 13.3. The van der Waals surface area contributed by atoms with E-state index < -0.39 is 24.1 Å². The maximum Gasteiger partial charge on any atom is 0.282 e. The van der Waals surface area contributed by atoms with Crippen LogP contribution < -0.4 is 5.43 Å². The number of nitrogens with zero attached hydrogens (tertiary/aromatic N) is 2. The Morgan fingerprint density at radius 2 is 1.67 bits per heavy atom. The van der Waals surface area contributed by atoms with E-state index in [1.807, 2.05) is 0 Å². The first-order valence-electron chi connectivity index (χ1n) is 4.86. The summed E-state index contributed by atoms with van der Waals surface area (Å²) in [6.07, 6.45) is -6.12. The molecule has 1 aliphatic heterocycles. The number of rotatable bonds is 3. The topological polar surface area (TPSA) is 26.5 Å². The van der Waals surface area contributed by atoms with Crippen LogP contribution in [0.25, 0.3) is 0 Å². The van der Waals surface area contributed by atoms with E-state index in [2.05, 4.69) is 26.5 Å². The molecule has 0 aliphatic carbocycles. The second-order valence-electron chi connectivity index (χ2n) is 3.43. The third-order valence-electron chi connectivity index (χ3n) is 2.34. The summed E-state index contributed by atoms with van der Waals surface area (Å²) in [5, 5.41) is 3.45. The number of halogens is 5. The predicted molar refractivity (Wildman–Crippen MR) is 61.8 cm³/mol. The van der Waals surface area contributed by atoms with Crippen LogP contribution in [0.5, 0.6) is 0 Å². The summed E-state index contributed by atoms with van der Waals surface area (Å²) in [5.74, 6) is 0. The number of allylic oxidation sites excluding steroid dienone is 2. The number of benzene rings is 1. The molecule has 0 atom stereocenters. The average Bonchev–Trinajstić information content (AvgIpc) is 2.74. The maximum absolute atomic E-state index is 12.9. The molecule has 0 saturated heterocycles. The van der Waals surface area contributed by atoms with Gasteiger partial charge in [-0.3, -0.25) is 0 Å². The van der Waals surface area contributed by atoms with Crippen LogP contribution in [0.1, 0.15) is 5.56 Å². The molecule has 0 fully saturated rings. The van der Waals surface area contributed by atoms with Gasteiger partial charge in [-0.25, -0.2) is 17.6 Å². The molecule has 1 aromatic carbocycles. The molecule has 0 amide bonds. The first kappa shape index (κ1) is 13.1. The van der Waals surface area contributed by atoms with E-state index in [1.54, 1.807) is 18.2 Å². The molecule has 0 N–H and O–H groups in total. The van der Waals surface area contributed by atoms with Gasteiger partial charge in [-0.1, -0.05) is 34.1 Å². The van der Waals surface area contributed by atoms with Gasteiger partial charge in [0.05, 0.1) is 5.57 Å². The first-order valence-corrected chi connectivity index (χ1v) is 5.66. The fourth-order valence-electron chi connectivity index (χ4n) is 1.56. The summed E-state index contributed by atoms with van der Waals surface area (Å²) in [4.78, 5) is 0. The Bertz CT molecular complexity index is 526. The van der Waals surface area contributed by atoms with Crippen molar-refractivity contribution in [3.63, 3.8) is 0 Å². The fourth-order valence-corrected chi connectivity index (χ4v) is 2.03. The number of alkyl halides is 4. The molecule has 0 saturated carbocycles. The molecule has 0 aromatic heterocycles. The second kappa shape index (κ2) is 5.09. The lowest BCUT2D eigenvalue weighted by molar-refractivity contribution is 0.163. The third kappa shape index (κ3) is 2.27. The molecule has 2 rings (SSSR count). The van der Waals surface area contributed by atoms with E-state index in [0.717, 1.165) is 0 Å². The highest BCUT2D eigenvalue weighted by atomic mass is 79.9. The largest absolute Gasteiger partial charge is 0.282 e. The van der Waals surface area contributed by atoms with Crippen LogP contribution in [0.15, 0.2) is 45.1 Å². The van der Waals surface area contributed by atoms with Crippen molar-refractivity contribution in [2.75, 3.05) is 0 Å². The molecule has 1 heterocycles. The lowest BCUT2D eigenvalue weighted by Gasteiger charge is -2.08. The molecule has 1 aliphatic rings. The van der Waals surface area contributed by atoms with Crippen LogP contribution in [-0.2, 0) is 0 Å². The average molecular weight is 322 g/mol. The van der Waals surface area contributed by atoms with Crippen LogP contribution >= 0.6 is 15.9 Å². The van der Waals surface area contributed by atoms with E-state index in [1.165, 1.54) is 6.07 Å². The molecule has 0 spiro atoms. The van der Waals surface area contributed by atoms with E-state index in [-0.39, 0.29) is 5.71 Å². The van der Waals surface area contributed by atoms with Gasteiger partial charge in [-0.2, -0.15) is 0 Å². The normalized spacial score (nSPS) is 15.4. The van der Waals surface area contributed by atoms with E-state index >= 15 is 0 Å². The molecule has 95 valence electrons. The number of hydrogen-bond acceptors (Lipinski definition) is 1. The Morgan fingerprint density at radius 3 is 2.22 bits per heavy atom. The summed E-state index contributed by atoms with van der Waals surface area (Å²) in [5.41, 5.74) is 1.48. The van der Waals surface area contributed by atoms with Gasteiger partial charge >= 0.3 is 0 Å². The minimum absolute atomic E-state index is 0.215. The quantitative estimate of drug-likeness (QED) is 0.761. The van der Waals surface area contributed by atoms with Gasteiger partial charge in [0.25, 0.3) is 12.9 Å². The van der Waals surface area contributed by atoms with Crippen molar-refractivity contribution in [3.8, 4) is 0 Å². The van der Waals surface area contributed by atoms with Crippen LogP contribution in [0.2, 0.25) is 0 Å². The lowest BCUT2D eigenvalue weighted by atomic mass is 10.0. The van der Waals surface area contributed by atoms with Crippen molar-refractivity contribution in [1.82, 2.24) is 5.43 Å². The van der Waals surface area contributed by atoms with Gasteiger partial charge in [0, 0.05) is 10.0 Å². The van der Waals surface area contributed by atoms with Gasteiger partial charge in [0.2, 0.25) is 0 Å². The van der Waals surface area contributed by atoms with Crippen molar-refractivity contribution >= 4 is 21.6 Å². The second-order valence-corrected chi connectivity index (χ2v) is 4.28. The Labute approximate surface area is 109 Å². The van der Waals surface area contributed by atoms with Crippen LogP contribution in [-0.4, -0.2) is 18.6 Å². The highest BCUT2D eigenvalue weighted by Gasteiger charge is 2.34. The van der Waals surface area contributed by atoms with Crippen molar-refractivity contribution < 1.29 is 17.6 Å². The molecule has 0 bridgehead atoms. The molecule has 1 radical (unpaired) electrons. The first-order chi connectivity index (χ1) is 8.52. The Hall–Kier alpha value is -1.37. The Balaban J connectivity index is 2.50. The van der Waals surface area contributed by atoms with E-state index in [0.29, 0.717) is 10.0 Å². The zero-order valence-corrected chi connectivity index (χ0v) is 10.3. The van der Waals surface area contributed by atoms with Gasteiger partial charge in [-0.15, -0.1) is 10.5 Å². The molecule has 0 unspecified atom stereocenters. The number of hydrogen-bond donors (Lipinski definition) is 0. The fraction of sp³-hybridized carbons (Fsp3) is 0.182. The smallest absolute Gasteiger partial charge is 0.205 e. The van der Waals surface area contributed by atoms with Gasteiger partial charge in [0.1, 0.15) is 11.4 Å². The van der Waals surface area contributed by atoms with Gasteiger partial charge in [0.15, 0.2) is 0 Å². The minimum atomic E-state index is -3.07. The SMILES string of the molecule is FC(F)C1=C(C(F)F)C(c2ccccc2Br)=N[N]1. The van der Waals surface area contributed by atoms with Gasteiger partial charge in [-0.05, 0) is 6.07 Å². The highest BCUT2D eigenvalue weighted by Crippen LogP contribution is 2.30. The third-order valence-corrected chi connectivity index (χ3v) is 3.03. The van der Waals surface area contributed by atoms with Crippen LogP contribution in [0.3, 0.4) is 0 Å². The van der Waals surface area contributed by atoms with Crippen molar-refractivity contribution in [2.45, 2.75) is 12.9 Å². The van der Waals surface area contributed by atoms with Crippen molar-refractivity contribution in [2.24, 2.45) is 5.10 Å². The summed E-state index contributed by atoms with van der Waals surface area (Å²) >= 11 is 3.16. The van der Waals surface area contributed by atoms with E-state index in [9.17, 15) is 17.6 Å². The van der Waals surface area contributed by atoms with Crippen LogP contribution in [0.4, 0.5) is 17.6 Å². The van der Waals surface area contributed by atoms with Crippen LogP contribution in [0, 0.1) is 0 Å². The predicted octanol–water partition coefficient (Wildman–Crippen LogP) is 3.56. The molecule has 18 heavy (non-hydrogen) atoms.